The molecule has 0 aliphatic heterocycles. The van der Waals surface area contributed by atoms with Gasteiger partial charge in [0.1, 0.15) is 0 Å². The van der Waals surface area contributed by atoms with Gasteiger partial charge in [-0.15, -0.1) is 0 Å². The summed E-state index contributed by atoms with van der Waals surface area (Å²) in [7, 11) is 1.64. The van der Waals surface area contributed by atoms with Crippen LogP contribution in [0.1, 0.15) is 12.5 Å². The Bertz CT molecular complexity index is 359. The molecule has 5 heteroatoms. The molecule has 1 aromatic rings. The van der Waals surface area contributed by atoms with Crippen LogP contribution in [-0.2, 0) is 6.54 Å². The average Bonchev–Trinajstić information content (AvgIpc) is 2.32. The van der Waals surface area contributed by atoms with E-state index in [1.54, 1.807) is 7.11 Å². The molecule has 0 unspecified atom stereocenters. The van der Waals surface area contributed by atoms with Crippen molar-refractivity contribution in [2.45, 2.75) is 13.5 Å². The van der Waals surface area contributed by atoms with E-state index in [9.17, 15) is 0 Å². The molecule has 0 radical (unpaired) electrons. The maximum absolute atomic E-state index is 5.53. The van der Waals surface area contributed by atoms with E-state index in [4.69, 9.17) is 15.2 Å². The predicted molar refractivity (Wildman–Crippen MR) is 72.6 cm³/mol. The summed E-state index contributed by atoms with van der Waals surface area (Å²) in [6, 6.07) is 4.00. The molecule has 0 saturated carbocycles. The normalized spacial score (nSPS) is 10.4. The molecule has 1 rings (SSSR count). The lowest BCUT2D eigenvalue weighted by Gasteiger charge is -2.13. The highest BCUT2D eigenvalue weighted by Gasteiger charge is 2.10. The van der Waals surface area contributed by atoms with Gasteiger partial charge in [-0.05, 0) is 40.5 Å². The van der Waals surface area contributed by atoms with Crippen LogP contribution in [0.5, 0.6) is 11.5 Å². The Morgan fingerprint density at radius 1 is 1.41 bits per heavy atom. The average molecular weight is 303 g/mol. The minimum atomic E-state index is 0.611. The van der Waals surface area contributed by atoms with Gasteiger partial charge in [-0.1, -0.05) is 0 Å². The van der Waals surface area contributed by atoms with Crippen molar-refractivity contribution >= 4 is 15.9 Å². The third-order valence-electron chi connectivity index (χ3n) is 2.23. The van der Waals surface area contributed by atoms with E-state index in [2.05, 4.69) is 21.2 Å². The van der Waals surface area contributed by atoms with Crippen molar-refractivity contribution in [2.24, 2.45) is 5.73 Å². The quantitative estimate of drug-likeness (QED) is 0.756. The Balaban J connectivity index is 2.84. The van der Waals surface area contributed by atoms with Gasteiger partial charge in [-0.2, -0.15) is 0 Å². The van der Waals surface area contributed by atoms with E-state index < -0.39 is 0 Å². The van der Waals surface area contributed by atoms with Gasteiger partial charge in [-0.3, -0.25) is 0 Å². The molecule has 4 nitrogen and oxygen atoms in total. The lowest BCUT2D eigenvalue weighted by atomic mass is 10.2. The second-order valence-electron chi connectivity index (χ2n) is 3.51. The van der Waals surface area contributed by atoms with Crippen LogP contribution in [0.15, 0.2) is 16.6 Å². The van der Waals surface area contributed by atoms with Gasteiger partial charge < -0.3 is 20.5 Å². The molecule has 0 amide bonds. The third-order valence-corrected chi connectivity index (χ3v) is 2.82. The van der Waals surface area contributed by atoms with Crippen LogP contribution in [0.4, 0.5) is 0 Å². The lowest BCUT2D eigenvalue weighted by Crippen LogP contribution is -2.21. The summed E-state index contributed by atoms with van der Waals surface area (Å²) in [6.45, 7) is 4.75. The first-order chi connectivity index (χ1) is 8.22. The summed E-state index contributed by atoms with van der Waals surface area (Å²) in [5.74, 6) is 1.49. The van der Waals surface area contributed by atoms with Gasteiger partial charge in [0, 0.05) is 19.6 Å². The molecule has 17 heavy (non-hydrogen) atoms. The lowest BCUT2D eigenvalue weighted by molar-refractivity contribution is 0.308. The molecule has 0 aliphatic rings. The third kappa shape index (κ3) is 4.18. The predicted octanol–water partition coefficient (Wildman–Crippen LogP) is 1.90. The summed E-state index contributed by atoms with van der Waals surface area (Å²) in [4.78, 5) is 0. The van der Waals surface area contributed by atoms with Crippen molar-refractivity contribution in [1.29, 1.82) is 0 Å². The Morgan fingerprint density at radius 2 is 2.18 bits per heavy atom. The number of nitrogens with two attached hydrogens (primary N) is 1. The molecule has 0 bridgehead atoms. The minimum Gasteiger partial charge on any atom is -0.493 e. The van der Waals surface area contributed by atoms with Crippen LogP contribution in [0.3, 0.4) is 0 Å². The van der Waals surface area contributed by atoms with E-state index in [0.717, 1.165) is 34.6 Å². The zero-order chi connectivity index (χ0) is 12.7. The fraction of sp³-hybridized carbons (Fsp3) is 0.500. The number of hydrogen-bond acceptors (Lipinski definition) is 4. The molecule has 0 spiro atoms. The fourth-order valence-corrected chi connectivity index (χ4v) is 2.10. The fourth-order valence-electron chi connectivity index (χ4n) is 1.49. The molecule has 0 aromatic heterocycles. The van der Waals surface area contributed by atoms with E-state index in [0.29, 0.717) is 13.2 Å². The number of halogens is 1. The second kappa shape index (κ2) is 7.53. The standard InChI is InChI=1S/C12H19BrN2O2/c1-3-17-12-10(13)6-9(7-11(12)16-2)8-15-5-4-14/h6-7,15H,3-5,8,14H2,1-2H3. The van der Waals surface area contributed by atoms with Crippen LogP contribution in [-0.4, -0.2) is 26.8 Å². The Morgan fingerprint density at radius 3 is 2.76 bits per heavy atom. The van der Waals surface area contributed by atoms with Crippen LogP contribution in [0.25, 0.3) is 0 Å². The Hall–Kier alpha value is -0.780. The van der Waals surface area contributed by atoms with Crippen molar-refractivity contribution in [3.8, 4) is 11.5 Å². The van der Waals surface area contributed by atoms with Gasteiger partial charge in [0.15, 0.2) is 11.5 Å². The summed E-state index contributed by atoms with van der Waals surface area (Å²) in [6.07, 6.45) is 0. The molecule has 1 aromatic carbocycles. The minimum absolute atomic E-state index is 0.611. The van der Waals surface area contributed by atoms with Crippen LogP contribution >= 0.6 is 15.9 Å². The number of rotatable bonds is 7. The van der Waals surface area contributed by atoms with Gasteiger partial charge >= 0.3 is 0 Å². The summed E-state index contributed by atoms with van der Waals surface area (Å²) >= 11 is 3.49. The van der Waals surface area contributed by atoms with Gasteiger partial charge in [0.05, 0.1) is 18.2 Å². The van der Waals surface area contributed by atoms with Crippen LogP contribution in [0, 0.1) is 0 Å². The van der Waals surface area contributed by atoms with E-state index >= 15 is 0 Å². The molecule has 0 saturated heterocycles. The number of hydrogen-bond donors (Lipinski definition) is 2. The summed E-state index contributed by atoms with van der Waals surface area (Å²) in [5.41, 5.74) is 6.56. The van der Waals surface area contributed by atoms with E-state index in [1.165, 1.54) is 0 Å². The first kappa shape index (κ1) is 14.3. The van der Waals surface area contributed by atoms with Crippen LogP contribution < -0.4 is 20.5 Å². The molecule has 0 atom stereocenters. The number of methoxy groups -OCH3 is 1. The van der Waals surface area contributed by atoms with E-state index in [-0.39, 0.29) is 0 Å². The zero-order valence-electron chi connectivity index (χ0n) is 10.3. The SMILES string of the molecule is CCOc1c(Br)cc(CNCCN)cc1OC. The molecule has 96 valence electrons. The van der Waals surface area contributed by atoms with Crippen molar-refractivity contribution in [2.75, 3.05) is 26.8 Å². The van der Waals surface area contributed by atoms with Crippen molar-refractivity contribution in [1.82, 2.24) is 5.32 Å². The van der Waals surface area contributed by atoms with Crippen molar-refractivity contribution in [3.05, 3.63) is 22.2 Å². The molecule has 0 aliphatic carbocycles. The Labute approximate surface area is 111 Å². The topological polar surface area (TPSA) is 56.5 Å². The number of nitrogens with one attached hydrogen (secondary N) is 1. The highest BCUT2D eigenvalue weighted by atomic mass is 79.9. The Kier molecular flexibility index (Phi) is 6.32. The van der Waals surface area contributed by atoms with Gasteiger partial charge in [0.25, 0.3) is 0 Å². The van der Waals surface area contributed by atoms with Crippen molar-refractivity contribution in [3.63, 3.8) is 0 Å². The van der Waals surface area contributed by atoms with Crippen molar-refractivity contribution < 1.29 is 9.47 Å². The summed E-state index contributed by atoms with van der Waals surface area (Å²) < 4.78 is 11.8. The number of ether oxygens (including phenoxy) is 2. The highest BCUT2D eigenvalue weighted by Crippen LogP contribution is 2.36. The first-order valence-corrected chi connectivity index (χ1v) is 6.42. The smallest absolute Gasteiger partial charge is 0.175 e. The first-order valence-electron chi connectivity index (χ1n) is 5.62. The molecular weight excluding hydrogens is 284 g/mol. The molecular formula is C12H19BrN2O2. The second-order valence-corrected chi connectivity index (χ2v) is 4.36. The number of benzene rings is 1. The molecule has 0 fully saturated rings. The van der Waals surface area contributed by atoms with Crippen LogP contribution in [0.2, 0.25) is 0 Å². The summed E-state index contributed by atoms with van der Waals surface area (Å²) in [5, 5.41) is 3.24. The van der Waals surface area contributed by atoms with Gasteiger partial charge in [-0.25, -0.2) is 0 Å². The van der Waals surface area contributed by atoms with E-state index in [1.807, 2.05) is 19.1 Å². The van der Waals surface area contributed by atoms with Gasteiger partial charge in [0.2, 0.25) is 0 Å². The maximum atomic E-state index is 5.53. The highest BCUT2D eigenvalue weighted by molar-refractivity contribution is 9.10. The maximum Gasteiger partial charge on any atom is 0.175 e. The molecule has 3 N–H and O–H groups in total. The molecule has 0 heterocycles. The zero-order valence-corrected chi connectivity index (χ0v) is 11.8. The largest absolute Gasteiger partial charge is 0.493 e. The monoisotopic (exact) mass is 302 g/mol.